The van der Waals surface area contributed by atoms with Crippen LogP contribution in [0.2, 0.25) is 0 Å². The third kappa shape index (κ3) is 28.5. The van der Waals surface area contributed by atoms with Crippen LogP contribution in [-0.4, -0.2) is 106 Å². The molecule has 1 rings (SSSR count). The lowest BCUT2D eigenvalue weighted by Crippen LogP contribution is -2.66. The molecule has 0 radical (unpaired) electrons. The Balaban J connectivity index is 0.00000131. The summed E-state index contributed by atoms with van der Waals surface area (Å²) in [5.41, 5.74) is 0. The Morgan fingerprint density at radius 1 is 0.370 bits per heavy atom. The van der Waals surface area contributed by atoms with Crippen molar-refractivity contribution in [1.29, 1.82) is 0 Å². The molecule has 0 aromatic heterocycles. The van der Waals surface area contributed by atoms with Crippen LogP contribution in [0.5, 0.6) is 0 Å². The summed E-state index contributed by atoms with van der Waals surface area (Å²) in [6, 6.07) is 0. The first-order chi connectivity index (χ1) is 24.3. The number of carboxylic acid groups (broad SMARTS) is 1. The summed E-state index contributed by atoms with van der Waals surface area (Å²) in [7, 11) is -36.1. The van der Waals surface area contributed by atoms with E-state index in [0.29, 0.717) is 6.42 Å². The van der Waals surface area contributed by atoms with Gasteiger partial charge in [0, 0.05) is 6.42 Å². The van der Waals surface area contributed by atoms with Crippen LogP contribution >= 0.6 is 46.9 Å². The number of aliphatic carboxylic acids is 1. The van der Waals surface area contributed by atoms with E-state index in [4.69, 9.17) is 63.8 Å². The van der Waals surface area contributed by atoms with Gasteiger partial charge in [-0.2, -0.15) is 0 Å². The average Bonchev–Trinajstić information content (AvgIpc) is 2.93. The van der Waals surface area contributed by atoms with Crippen LogP contribution in [0.4, 0.5) is 0 Å². The number of unbranched alkanes of at least 4 members (excludes halogenated alkanes) is 12. The second-order valence-electron chi connectivity index (χ2n) is 11.7. The number of phosphoric ester groups is 6. The summed E-state index contributed by atoms with van der Waals surface area (Å²) in [5.74, 6) is -0.655. The van der Waals surface area contributed by atoms with Crippen molar-refractivity contribution in [2.75, 3.05) is 0 Å². The van der Waals surface area contributed by atoms with Gasteiger partial charge in [0.2, 0.25) is 0 Å². The van der Waals surface area contributed by atoms with E-state index in [1.165, 1.54) is 70.6 Å². The maximum absolute atomic E-state index is 11.4. The maximum atomic E-state index is 11.4. The molecule has 0 aliphatic heterocycles. The van der Waals surface area contributed by atoms with E-state index in [9.17, 15) is 32.2 Å². The standard InChI is InChI=1S/C16H32O2.C6H18O24P6/c1-2-3-4-5-6-7-8-9-10-11-12-13-14-15-16(17)18;7-31(8,9)25-1-2(26-32(10,11)12)4(28-34(16,17)18)6(30-36(22,23)24)5(29-35(19,20)21)3(1)27-33(13,14)15/h2-15H2,1H3,(H,17,18);1-6H,(H2,7,8,9)(H2,10,11,12)(H2,13,14,15)(H2,16,17,18)(H2,19,20,21)(H2,22,23,24). The Bertz CT molecular complexity index is 1160. The molecule has 0 atom stereocenters. The van der Waals surface area contributed by atoms with Crippen LogP contribution in [0.25, 0.3) is 0 Å². The van der Waals surface area contributed by atoms with Crippen molar-refractivity contribution in [3.05, 3.63) is 0 Å². The van der Waals surface area contributed by atoms with Crippen LogP contribution in [0, 0.1) is 0 Å². The Labute approximate surface area is 309 Å². The fraction of sp³-hybridized carbons (Fsp3) is 0.955. The van der Waals surface area contributed by atoms with Gasteiger partial charge in [-0.15, -0.1) is 0 Å². The van der Waals surface area contributed by atoms with Gasteiger partial charge < -0.3 is 63.8 Å². The Kier molecular flexibility index (Phi) is 24.3. The molecule has 0 heterocycles. The summed E-state index contributed by atoms with van der Waals surface area (Å²) in [6.45, 7) is 2.26. The van der Waals surface area contributed by atoms with Crippen LogP contribution in [0.15, 0.2) is 0 Å². The molecular formula is C22H50O26P6. The fourth-order valence-corrected chi connectivity index (χ4v) is 8.43. The highest BCUT2D eigenvalue weighted by atomic mass is 31.2. The molecule has 0 amide bonds. The van der Waals surface area contributed by atoms with Gasteiger partial charge in [-0.1, -0.05) is 84.0 Å². The minimum absolute atomic E-state index is 0.345. The average molecular weight is 916 g/mol. The lowest BCUT2D eigenvalue weighted by atomic mass is 9.85. The van der Waals surface area contributed by atoms with Gasteiger partial charge in [-0.3, -0.25) is 31.9 Å². The molecule has 26 nitrogen and oxygen atoms in total. The molecule has 1 aliphatic rings. The monoisotopic (exact) mass is 916 g/mol. The molecule has 0 aromatic carbocycles. The largest absolute Gasteiger partial charge is 0.481 e. The smallest absolute Gasteiger partial charge is 0.470 e. The van der Waals surface area contributed by atoms with E-state index in [1.54, 1.807) is 0 Å². The highest BCUT2D eigenvalue weighted by Gasteiger charge is 2.62. The van der Waals surface area contributed by atoms with Crippen molar-refractivity contribution in [2.24, 2.45) is 0 Å². The van der Waals surface area contributed by atoms with Crippen molar-refractivity contribution < 1.29 is 123 Å². The quantitative estimate of drug-likeness (QED) is 0.0437. The number of carboxylic acids is 1. The SMILES string of the molecule is CCCCCCCCCCCCCCCC(=O)O.O=P(O)(O)OC1C(OP(=O)(O)O)C(OP(=O)(O)O)C(OP(=O)(O)O)C(OP(=O)(O)O)C1OP(=O)(O)O. The van der Waals surface area contributed by atoms with Crippen molar-refractivity contribution in [2.45, 2.75) is 133 Å². The Morgan fingerprint density at radius 3 is 0.685 bits per heavy atom. The highest BCUT2D eigenvalue weighted by Crippen LogP contribution is 2.57. The number of hydrogen-bond acceptors (Lipinski definition) is 13. The van der Waals surface area contributed by atoms with Gasteiger partial charge in [0.05, 0.1) is 0 Å². The molecule has 0 bridgehead atoms. The van der Waals surface area contributed by atoms with Crippen LogP contribution in [0.3, 0.4) is 0 Å². The maximum Gasteiger partial charge on any atom is 0.470 e. The van der Waals surface area contributed by atoms with E-state index in [0.717, 1.165) is 12.8 Å². The third-order valence-corrected chi connectivity index (χ3v) is 10.1. The number of hydrogen-bond donors (Lipinski definition) is 13. The molecule has 324 valence electrons. The molecule has 0 aromatic rings. The van der Waals surface area contributed by atoms with Crippen molar-refractivity contribution in [1.82, 2.24) is 0 Å². The van der Waals surface area contributed by atoms with Gasteiger partial charge in [0.1, 0.15) is 36.6 Å². The predicted octanol–water partition coefficient (Wildman–Crippen LogP) is 2.42. The number of phosphoric acid groups is 6. The van der Waals surface area contributed by atoms with Gasteiger partial charge in [-0.05, 0) is 6.42 Å². The zero-order chi connectivity index (χ0) is 42.2. The van der Waals surface area contributed by atoms with E-state index < -0.39 is 89.5 Å². The second-order valence-corrected chi connectivity index (χ2v) is 18.9. The van der Waals surface area contributed by atoms with E-state index in [1.807, 2.05) is 0 Å². The topological polar surface area (TPSA) is 438 Å². The summed E-state index contributed by atoms with van der Waals surface area (Å²) in [5, 5.41) is 8.49. The summed E-state index contributed by atoms with van der Waals surface area (Å²) >= 11 is 0. The van der Waals surface area contributed by atoms with Gasteiger partial charge >= 0.3 is 52.9 Å². The number of carbonyl (C=O) groups is 1. The first-order valence-electron chi connectivity index (χ1n) is 16.0. The zero-order valence-electron chi connectivity index (χ0n) is 28.7. The molecule has 32 heteroatoms. The molecule has 1 aliphatic carbocycles. The van der Waals surface area contributed by atoms with Crippen LogP contribution in [-0.2, 0) is 59.3 Å². The van der Waals surface area contributed by atoms with E-state index >= 15 is 0 Å². The lowest BCUT2D eigenvalue weighted by Gasteiger charge is -2.48. The first-order valence-corrected chi connectivity index (χ1v) is 25.2. The minimum Gasteiger partial charge on any atom is -0.481 e. The fourth-order valence-electron chi connectivity index (χ4n) is 5.09. The lowest BCUT2D eigenvalue weighted by molar-refractivity contribution is -0.202. The molecule has 1 fully saturated rings. The second kappa shape index (κ2) is 24.3. The molecular weight excluding hydrogens is 866 g/mol. The molecule has 1 saturated carbocycles. The van der Waals surface area contributed by atoms with Crippen molar-refractivity contribution >= 4 is 52.9 Å². The Morgan fingerprint density at radius 2 is 0.537 bits per heavy atom. The van der Waals surface area contributed by atoms with Crippen LogP contribution in [0.1, 0.15) is 96.8 Å². The third-order valence-electron chi connectivity index (χ3n) is 6.99. The number of rotatable bonds is 26. The zero-order valence-corrected chi connectivity index (χ0v) is 34.0. The highest BCUT2D eigenvalue weighted by molar-refractivity contribution is 7.47. The van der Waals surface area contributed by atoms with Crippen molar-refractivity contribution in [3.63, 3.8) is 0 Å². The minimum atomic E-state index is -6.02. The van der Waals surface area contributed by atoms with E-state index in [-0.39, 0.29) is 0 Å². The summed E-state index contributed by atoms with van der Waals surface area (Å²) in [6.07, 6.45) is -1.59. The Hall–Kier alpha value is 0.130. The molecule has 0 unspecified atom stereocenters. The first kappa shape index (κ1) is 54.1. The van der Waals surface area contributed by atoms with Crippen molar-refractivity contribution in [3.8, 4) is 0 Å². The molecule has 54 heavy (non-hydrogen) atoms. The summed E-state index contributed by atoms with van der Waals surface area (Å²) in [4.78, 5) is 120. The molecule has 0 saturated heterocycles. The van der Waals surface area contributed by atoms with E-state index in [2.05, 4.69) is 34.1 Å². The van der Waals surface area contributed by atoms with Crippen LogP contribution < -0.4 is 0 Å². The van der Waals surface area contributed by atoms with Gasteiger partial charge in [0.15, 0.2) is 0 Å². The molecule has 13 N–H and O–H groups in total. The van der Waals surface area contributed by atoms with Gasteiger partial charge in [-0.25, -0.2) is 27.4 Å². The van der Waals surface area contributed by atoms with Gasteiger partial charge in [0.25, 0.3) is 0 Å². The normalized spacial score (nSPS) is 23.1. The molecule has 0 spiro atoms. The summed E-state index contributed by atoms with van der Waals surface area (Å²) < 4.78 is 93.1. The predicted molar refractivity (Wildman–Crippen MR) is 179 cm³/mol.